The van der Waals surface area contributed by atoms with Gasteiger partial charge in [0, 0.05) is 25.0 Å². The molecule has 3 heteroatoms. The van der Waals surface area contributed by atoms with E-state index in [0.717, 1.165) is 16.8 Å². The molecule has 0 amide bonds. The van der Waals surface area contributed by atoms with Crippen molar-refractivity contribution in [1.82, 2.24) is 4.98 Å². The molecule has 0 aromatic carbocycles. The molecule has 3 nitrogen and oxygen atoms in total. The summed E-state index contributed by atoms with van der Waals surface area (Å²) < 4.78 is 0. The Bertz CT molecular complexity index is 419. The van der Waals surface area contributed by atoms with Crippen molar-refractivity contribution in [3.8, 4) is 0 Å². The van der Waals surface area contributed by atoms with Crippen LogP contribution in [0.5, 0.6) is 0 Å². The second kappa shape index (κ2) is 5.20. The molecular weight excluding hydrogens is 188 g/mol. The van der Waals surface area contributed by atoms with E-state index in [2.05, 4.69) is 9.98 Å². The third-order valence-electron chi connectivity index (χ3n) is 2.03. The molecule has 0 aliphatic rings. The van der Waals surface area contributed by atoms with Crippen LogP contribution in [0.25, 0.3) is 0 Å². The number of rotatable bonds is 3. The van der Waals surface area contributed by atoms with E-state index in [9.17, 15) is 4.79 Å². The van der Waals surface area contributed by atoms with Gasteiger partial charge >= 0.3 is 0 Å². The first kappa shape index (κ1) is 11.3. The van der Waals surface area contributed by atoms with Crippen LogP contribution in [0.2, 0.25) is 0 Å². The Labute approximate surface area is 89.6 Å². The lowest BCUT2D eigenvalue weighted by atomic mass is 10.1. The SMILES string of the molecule is CN=C(/C=C\C(C)=O)c1cnccc1C. The Morgan fingerprint density at radius 3 is 2.73 bits per heavy atom. The quantitative estimate of drug-likeness (QED) is 0.555. The van der Waals surface area contributed by atoms with Crippen LogP contribution in [-0.4, -0.2) is 23.5 Å². The summed E-state index contributed by atoms with van der Waals surface area (Å²) in [4.78, 5) is 19.0. The molecule has 0 fully saturated rings. The van der Waals surface area contributed by atoms with Crippen molar-refractivity contribution >= 4 is 11.5 Å². The smallest absolute Gasteiger partial charge is 0.152 e. The van der Waals surface area contributed by atoms with Gasteiger partial charge in [0.1, 0.15) is 0 Å². The molecule has 0 aliphatic heterocycles. The molecule has 78 valence electrons. The van der Waals surface area contributed by atoms with Gasteiger partial charge in [-0.3, -0.25) is 14.8 Å². The largest absolute Gasteiger partial charge is 0.295 e. The van der Waals surface area contributed by atoms with Crippen LogP contribution in [0.15, 0.2) is 35.6 Å². The van der Waals surface area contributed by atoms with Gasteiger partial charge in [-0.05, 0) is 37.6 Å². The van der Waals surface area contributed by atoms with Gasteiger partial charge in [-0.2, -0.15) is 0 Å². The number of allylic oxidation sites excluding steroid dienone is 2. The normalized spacial score (nSPS) is 12.1. The topological polar surface area (TPSA) is 42.3 Å². The van der Waals surface area contributed by atoms with Gasteiger partial charge in [-0.15, -0.1) is 0 Å². The van der Waals surface area contributed by atoms with E-state index in [1.165, 1.54) is 13.0 Å². The highest BCUT2D eigenvalue weighted by molar-refractivity contribution is 6.11. The highest BCUT2D eigenvalue weighted by atomic mass is 16.1. The fourth-order valence-corrected chi connectivity index (χ4v) is 1.21. The van der Waals surface area contributed by atoms with Gasteiger partial charge in [0.05, 0.1) is 5.71 Å². The van der Waals surface area contributed by atoms with Gasteiger partial charge in [0.25, 0.3) is 0 Å². The van der Waals surface area contributed by atoms with Gasteiger partial charge in [0.15, 0.2) is 5.78 Å². The predicted molar refractivity (Wildman–Crippen MR) is 61.3 cm³/mol. The van der Waals surface area contributed by atoms with Crippen LogP contribution in [0, 0.1) is 6.92 Å². The van der Waals surface area contributed by atoms with E-state index < -0.39 is 0 Å². The van der Waals surface area contributed by atoms with Crippen molar-refractivity contribution in [2.24, 2.45) is 4.99 Å². The molecule has 1 heterocycles. The molecule has 1 aromatic rings. The van der Waals surface area contributed by atoms with Crippen LogP contribution >= 0.6 is 0 Å². The lowest BCUT2D eigenvalue weighted by molar-refractivity contribution is -0.112. The highest BCUT2D eigenvalue weighted by Crippen LogP contribution is 2.07. The van der Waals surface area contributed by atoms with Crippen molar-refractivity contribution < 1.29 is 4.79 Å². The fourth-order valence-electron chi connectivity index (χ4n) is 1.21. The average molecular weight is 202 g/mol. The first-order chi connectivity index (χ1) is 7.15. The van der Waals surface area contributed by atoms with Crippen molar-refractivity contribution in [1.29, 1.82) is 0 Å². The summed E-state index contributed by atoms with van der Waals surface area (Å²) in [6.07, 6.45) is 6.71. The van der Waals surface area contributed by atoms with Crippen LogP contribution < -0.4 is 0 Å². The predicted octanol–water partition coefficient (Wildman–Crippen LogP) is 1.95. The van der Waals surface area contributed by atoms with Gasteiger partial charge in [-0.25, -0.2) is 0 Å². The Hall–Kier alpha value is -1.77. The molecule has 1 aromatic heterocycles. The lowest BCUT2D eigenvalue weighted by Gasteiger charge is -2.03. The molecule has 0 unspecified atom stereocenters. The maximum atomic E-state index is 10.8. The van der Waals surface area contributed by atoms with E-state index in [1.807, 2.05) is 13.0 Å². The van der Waals surface area contributed by atoms with Gasteiger partial charge in [-0.1, -0.05) is 0 Å². The van der Waals surface area contributed by atoms with E-state index in [-0.39, 0.29) is 5.78 Å². The summed E-state index contributed by atoms with van der Waals surface area (Å²) in [6, 6.07) is 1.92. The maximum absolute atomic E-state index is 10.8. The Balaban J connectivity index is 3.05. The van der Waals surface area contributed by atoms with Crippen molar-refractivity contribution in [3.05, 3.63) is 41.7 Å². The minimum Gasteiger partial charge on any atom is -0.295 e. The maximum Gasteiger partial charge on any atom is 0.152 e. The standard InChI is InChI=1S/C12H14N2O/c1-9-6-7-14-8-11(9)12(13-3)5-4-10(2)15/h4-8H,1-3H3/b5-4-,13-12?. The van der Waals surface area contributed by atoms with Gasteiger partial charge < -0.3 is 0 Å². The van der Waals surface area contributed by atoms with Crippen LogP contribution in [-0.2, 0) is 4.79 Å². The van der Waals surface area contributed by atoms with Crippen LogP contribution in [0.4, 0.5) is 0 Å². The van der Waals surface area contributed by atoms with E-state index in [0.29, 0.717) is 0 Å². The number of hydrogen-bond donors (Lipinski definition) is 0. The summed E-state index contributed by atoms with van der Waals surface area (Å²) in [5.41, 5.74) is 2.83. The zero-order chi connectivity index (χ0) is 11.3. The Morgan fingerprint density at radius 1 is 1.47 bits per heavy atom. The minimum absolute atomic E-state index is 0.0118. The third kappa shape index (κ3) is 3.13. The molecule has 0 radical (unpaired) electrons. The number of carbonyl (C=O) groups is 1. The molecule has 0 bridgehead atoms. The summed E-state index contributed by atoms with van der Waals surface area (Å²) in [5, 5.41) is 0. The number of aliphatic imine (C=N–C) groups is 1. The first-order valence-electron chi connectivity index (χ1n) is 4.71. The summed E-state index contributed by atoms with van der Waals surface area (Å²) in [5.74, 6) is 0.0118. The van der Waals surface area contributed by atoms with Crippen molar-refractivity contribution in [2.45, 2.75) is 13.8 Å². The van der Waals surface area contributed by atoms with E-state index >= 15 is 0 Å². The second-order valence-corrected chi connectivity index (χ2v) is 3.24. The Morgan fingerprint density at radius 2 is 2.20 bits per heavy atom. The molecule has 1 rings (SSSR count). The second-order valence-electron chi connectivity index (χ2n) is 3.24. The van der Waals surface area contributed by atoms with E-state index in [4.69, 9.17) is 0 Å². The zero-order valence-corrected chi connectivity index (χ0v) is 9.19. The summed E-state index contributed by atoms with van der Waals surface area (Å²) in [7, 11) is 1.70. The van der Waals surface area contributed by atoms with Crippen LogP contribution in [0.1, 0.15) is 18.1 Å². The van der Waals surface area contributed by atoms with Crippen molar-refractivity contribution in [2.75, 3.05) is 7.05 Å². The molecule has 0 saturated carbocycles. The number of nitrogens with zero attached hydrogens (tertiary/aromatic N) is 2. The molecule has 0 saturated heterocycles. The molecule has 0 atom stereocenters. The number of aryl methyl sites for hydroxylation is 1. The summed E-state index contributed by atoms with van der Waals surface area (Å²) in [6.45, 7) is 3.50. The number of ketones is 1. The molecule has 0 N–H and O–H groups in total. The monoisotopic (exact) mass is 202 g/mol. The fraction of sp³-hybridized carbons (Fsp3) is 0.250. The number of carbonyl (C=O) groups excluding carboxylic acids is 1. The third-order valence-corrected chi connectivity index (χ3v) is 2.03. The number of aromatic nitrogens is 1. The van der Waals surface area contributed by atoms with Crippen LogP contribution in [0.3, 0.4) is 0 Å². The molecular formula is C12H14N2O. The summed E-state index contributed by atoms with van der Waals surface area (Å²) >= 11 is 0. The Kier molecular flexibility index (Phi) is 3.92. The highest BCUT2D eigenvalue weighted by Gasteiger charge is 2.02. The minimum atomic E-state index is 0.0118. The lowest BCUT2D eigenvalue weighted by Crippen LogP contribution is -2.01. The van der Waals surface area contributed by atoms with Gasteiger partial charge in [0.2, 0.25) is 0 Å². The average Bonchev–Trinajstić information content (AvgIpc) is 2.21. The first-order valence-corrected chi connectivity index (χ1v) is 4.71. The molecule has 0 spiro atoms. The van der Waals surface area contributed by atoms with Crippen molar-refractivity contribution in [3.63, 3.8) is 0 Å². The molecule has 0 aliphatic carbocycles. The number of pyridine rings is 1. The zero-order valence-electron chi connectivity index (χ0n) is 9.19. The number of hydrogen-bond acceptors (Lipinski definition) is 3. The molecule has 15 heavy (non-hydrogen) atoms. The van der Waals surface area contributed by atoms with E-state index in [1.54, 1.807) is 25.5 Å².